The van der Waals surface area contributed by atoms with E-state index in [1.807, 2.05) is 36.4 Å². The highest BCUT2D eigenvalue weighted by molar-refractivity contribution is 7.79. The summed E-state index contributed by atoms with van der Waals surface area (Å²) in [5.41, 5.74) is 2.76. The normalized spacial score (nSPS) is 20.1. The van der Waals surface area contributed by atoms with Gasteiger partial charge in [-0.3, -0.25) is 0 Å². The molecular weight excluding hydrogens is 548 g/mol. The van der Waals surface area contributed by atoms with Crippen LogP contribution >= 0.6 is 16.1 Å². The number of hydrogen-bond donors (Lipinski definition) is 0. The fourth-order valence-corrected chi connectivity index (χ4v) is 14.2. The third kappa shape index (κ3) is 5.25. The van der Waals surface area contributed by atoms with Gasteiger partial charge >= 0.3 is 0 Å². The number of hydrogen-bond acceptors (Lipinski definition) is 1. The van der Waals surface area contributed by atoms with Crippen molar-refractivity contribution in [2.75, 3.05) is 0 Å². The lowest BCUT2D eigenvalue weighted by Gasteiger charge is -2.46. The molecule has 2 atom stereocenters. The molecule has 0 bridgehead atoms. The number of benzene rings is 4. The van der Waals surface area contributed by atoms with Gasteiger partial charge in [0.25, 0.3) is 0 Å². The monoisotopic (exact) mass is 579 g/mol. The summed E-state index contributed by atoms with van der Waals surface area (Å²) in [4.78, 5) is 0. The minimum atomic E-state index is -1.91. The summed E-state index contributed by atoms with van der Waals surface area (Å²) in [6.45, 7) is 0. The molecule has 1 nitrogen and oxygen atoms in total. The summed E-state index contributed by atoms with van der Waals surface area (Å²) < 4.78 is 63.5. The Labute approximate surface area is 235 Å². The lowest BCUT2D eigenvalue weighted by atomic mass is 10.0. The Bertz CT molecular complexity index is 1350. The molecule has 1 saturated carbocycles. The molecule has 1 aliphatic heterocycles. The highest BCUT2D eigenvalue weighted by Crippen LogP contribution is 2.77. The highest BCUT2D eigenvalue weighted by atomic mass is 31.2. The molecule has 0 unspecified atom stereocenters. The minimum absolute atomic E-state index is 0.0677. The molecule has 40 heavy (non-hydrogen) atoms. The van der Waals surface area contributed by atoms with E-state index in [0.29, 0.717) is 0 Å². The van der Waals surface area contributed by atoms with Crippen LogP contribution in [0.25, 0.3) is 0 Å². The van der Waals surface area contributed by atoms with Crippen LogP contribution in [0, 0.1) is 23.3 Å². The quantitative estimate of drug-likeness (QED) is 0.156. The smallest absolute Gasteiger partial charge is 0.168 e. The molecule has 4 aromatic carbocycles. The van der Waals surface area contributed by atoms with Crippen LogP contribution in [0.3, 0.4) is 0 Å². The van der Waals surface area contributed by atoms with Crippen LogP contribution in [0.4, 0.5) is 17.6 Å². The SMILES string of the molecule is Fc1cccc(P(c2cccc(F)c2F)N(C2CCCC2)P2[C@H](c3ccccc3)CC[C@H]2c2ccccc2)c1F. The second-order valence-corrected chi connectivity index (χ2v) is 15.3. The van der Waals surface area contributed by atoms with Crippen molar-refractivity contribution in [3.63, 3.8) is 0 Å². The topological polar surface area (TPSA) is 3.24 Å². The van der Waals surface area contributed by atoms with Crippen LogP contribution in [0.2, 0.25) is 0 Å². The molecule has 1 heterocycles. The number of rotatable bonds is 7. The van der Waals surface area contributed by atoms with Gasteiger partial charge in [-0.05, 0) is 69.1 Å². The van der Waals surface area contributed by atoms with Crippen molar-refractivity contribution in [2.45, 2.75) is 55.9 Å². The number of halogens is 4. The maximum Gasteiger partial charge on any atom is 0.168 e. The Morgan fingerprint density at radius 1 is 0.550 bits per heavy atom. The number of nitrogens with zero attached hydrogens (tertiary/aromatic N) is 1. The average molecular weight is 580 g/mol. The highest BCUT2D eigenvalue weighted by Gasteiger charge is 2.48. The summed E-state index contributed by atoms with van der Waals surface area (Å²) in [6, 6.07) is 29.1. The van der Waals surface area contributed by atoms with E-state index in [0.717, 1.165) is 50.7 Å². The summed E-state index contributed by atoms with van der Waals surface area (Å²) in [7, 11) is -2.96. The maximum atomic E-state index is 15.7. The Kier molecular flexibility index (Phi) is 8.35. The molecule has 6 rings (SSSR count). The first kappa shape index (κ1) is 27.6. The largest absolute Gasteiger partial charge is 0.248 e. The predicted octanol–water partition coefficient (Wildman–Crippen LogP) is 9.51. The lowest BCUT2D eigenvalue weighted by molar-refractivity contribution is 0.491. The van der Waals surface area contributed by atoms with Crippen LogP contribution in [-0.4, -0.2) is 10.5 Å². The summed E-state index contributed by atoms with van der Waals surface area (Å²) in [5, 5.41) is 0.249. The Hall–Kier alpha value is -2.58. The van der Waals surface area contributed by atoms with Gasteiger partial charge in [0.15, 0.2) is 23.3 Å². The van der Waals surface area contributed by atoms with E-state index < -0.39 is 39.4 Å². The van der Waals surface area contributed by atoms with Crippen molar-refractivity contribution in [2.24, 2.45) is 0 Å². The van der Waals surface area contributed by atoms with E-state index in [1.165, 1.54) is 23.3 Å². The zero-order valence-corrected chi connectivity index (χ0v) is 23.9. The molecule has 0 N–H and O–H groups in total. The minimum Gasteiger partial charge on any atom is -0.248 e. The van der Waals surface area contributed by atoms with Gasteiger partial charge in [0, 0.05) is 36.0 Å². The van der Waals surface area contributed by atoms with Crippen LogP contribution in [-0.2, 0) is 0 Å². The molecule has 0 amide bonds. The van der Waals surface area contributed by atoms with Crippen molar-refractivity contribution in [1.82, 2.24) is 4.44 Å². The van der Waals surface area contributed by atoms with Crippen molar-refractivity contribution in [3.8, 4) is 0 Å². The molecule has 2 aliphatic rings. The van der Waals surface area contributed by atoms with Crippen molar-refractivity contribution >= 4 is 26.8 Å². The summed E-state index contributed by atoms with van der Waals surface area (Å²) in [5.74, 6) is -3.87. The molecule has 0 radical (unpaired) electrons. The van der Waals surface area contributed by atoms with Crippen molar-refractivity contribution in [3.05, 3.63) is 131 Å². The average Bonchev–Trinajstić information content (AvgIpc) is 3.67. The fraction of sp³-hybridized carbons (Fsp3) is 0.273. The summed E-state index contributed by atoms with van der Waals surface area (Å²) >= 11 is 0. The molecule has 1 saturated heterocycles. The molecule has 2 fully saturated rings. The van der Waals surface area contributed by atoms with Crippen LogP contribution in [0.1, 0.15) is 61.0 Å². The van der Waals surface area contributed by atoms with E-state index >= 15 is 8.78 Å². The van der Waals surface area contributed by atoms with Gasteiger partial charge in [0.2, 0.25) is 0 Å². The van der Waals surface area contributed by atoms with E-state index in [2.05, 4.69) is 28.7 Å². The second kappa shape index (κ2) is 12.1. The second-order valence-electron chi connectivity index (χ2n) is 10.5. The molecule has 7 heteroatoms. The van der Waals surface area contributed by atoms with Crippen LogP contribution in [0.15, 0.2) is 97.1 Å². The predicted molar refractivity (Wildman–Crippen MR) is 158 cm³/mol. The van der Waals surface area contributed by atoms with Crippen LogP contribution < -0.4 is 10.6 Å². The summed E-state index contributed by atoms with van der Waals surface area (Å²) in [6.07, 6.45) is 5.73. The van der Waals surface area contributed by atoms with Gasteiger partial charge in [-0.15, -0.1) is 0 Å². The molecule has 4 aromatic rings. The Morgan fingerprint density at radius 2 is 1.00 bits per heavy atom. The lowest BCUT2D eigenvalue weighted by Crippen LogP contribution is -2.35. The van der Waals surface area contributed by atoms with Gasteiger partial charge in [-0.25, -0.2) is 22.0 Å². The van der Waals surface area contributed by atoms with E-state index in [9.17, 15) is 8.78 Å². The maximum absolute atomic E-state index is 15.7. The first-order valence-electron chi connectivity index (χ1n) is 13.9. The molecule has 0 aromatic heterocycles. The molecule has 0 spiro atoms. The van der Waals surface area contributed by atoms with Crippen LogP contribution in [0.5, 0.6) is 0 Å². The fourth-order valence-electron chi connectivity index (χ4n) is 6.33. The zero-order valence-electron chi connectivity index (χ0n) is 22.1. The standard InChI is InChI=1S/C33H31F4NP2/c34-26-17-9-19-30(32(26)36)40(31-20-10-18-27(35)33(31)37)38(25-15-7-8-16-25)39-28(23-11-3-1-4-12-23)21-22-29(39)24-13-5-2-6-14-24/h1-6,9-14,17-20,25,28-29H,7-8,15-16,21-22H2/t28-,29-/m0/s1. The first-order chi connectivity index (χ1) is 19.5. The van der Waals surface area contributed by atoms with E-state index in [4.69, 9.17) is 0 Å². The van der Waals surface area contributed by atoms with E-state index in [-0.39, 0.29) is 28.0 Å². The third-order valence-electron chi connectivity index (χ3n) is 8.13. The molecule has 1 aliphatic carbocycles. The molecular formula is C33H31F4NP2. The third-order valence-corrected chi connectivity index (χ3v) is 14.8. The van der Waals surface area contributed by atoms with Gasteiger partial charge in [-0.2, -0.15) is 0 Å². The van der Waals surface area contributed by atoms with Gasteiger partial charge < -0.3 is 0 Å². The van der Waals surface area contributed by atoms with Gasteiger partial charge in [0.05, 0.1) is 0 Å². The Balaban J connectivity index is 1.60. The van der Waals surface area contributed by atoms with Gasteiger partial charge in [-0.1, -0.05) is 85.6 Å². The van der Waals surface area contributed by atoms with Crippen molar-refractivity contribution in [1.29, 1.82) is 0 Å². The zero-order chi connectivity index (χ0) is 27.6. The van der Waals surface area contributed by atoms with Crippen molar-refractivity contribution < 1.29 is 17.6 Å². The van der Waals surface area contributed by atoms with E-state index in [1.54, 1.807) is 12.1 Å². The Morgan fingerprint density at radius 3 is 1.45 bits per heavy atom. The first-order valence-corrected chi connectivity index (χ1v) is 16.6. The van der Waals surface area contributed by atoms with Gasteiger partial charge in [0.1, 0.15) is 0 Å². The molecule has 206 valence electrons.